The maximum atomic E-state index is 12.4. The van der Waals surface area contributed by atoms with Crippen LogP contribution in [0.1, 0.15) is 0 Å². The Kier molecular flexibility index (Phi) is 5.27. The molecule has 0 saturated carbocycles. The van der Waals surface area contributed by atoms with Crippen molar-refractivity contribution < 1.29 is 19.4 Å². The van der Waals surface area contributed by atoms with Gasteiger partial charge in [0, 0.05) is 44.0 Å². The molecule has 1 N–H and O–H groups in total. The van der Waals surface area contributed by atoms with E-state index in [2.05, 4.69) is 4.90 Å². The van der Waals surface area contributed by atoms with Gasteiger partial charge in [-0.05, 0) is 12.1 Å². The van der Waals surface area contributed by atoms with Crippen molar-refractivity contribution in [3.05, 3.63) is 34.4 Å². The number of amides is 1. The number of quaternary nitrogens is 1. The van der Waals surface area contributed by atoms with Crippen molar-refractivity contribution in [2.45, 2.75) is 0 Å². The molecule has 24 heavy (non-hydrogen) atoms. The SMILES string of the molecule is O=C(C[NH+]1CCOCC1)N1CCN(c2ccc([N+](=O)[O-])cc2)CC1. The molecule has 2 aliphatic heterocycles. The number of hydrogen-bond acceptors (Lipinski definition) is 5. The fourth-order valence-electron chi connectivity index (χ4n) is 3.16. The number of ether oxygens (including phenoxy) is 1. The molecule has 0 spiro atoms. The molecule has 3 rings (SSSR count). The molecule has 0 aromatic heterocycles. The third-order valence-electron chi connectivity index (χ3n) is 4.66. The first-order valence-electron chi connectivity index (χ1n) is 8.32. The number of morpholine rings is 1. The number of rotatable bonds is 4. The monoisotopic (exact) mass is 335 g/mol. The van der Waals surface area contributed by atoms with Gasteiger partial charge in [-0.25, -0.2) is 0 Å². The van der Waals surface area contributed by atoms with E-state index in [1.54, 1.807) is 12.1 Å². The number of hydrogen-bond donors (Lipinski definition) is 1. The first kappa shape index (κ1) is 16.7. The maximum absolute atomic E-state index is 12.4. The summed E-state index contributed by atoms with van der Waals surface area (Å²) >= 11 is 0. The van der Waals surface area contributed by atoms with Crippen LogP contribution < -0.4 is 9.80 Å². The van der Waals surface area contributed by atoms with Gasteiger partial charge >= 0.3 is 0 Å². The molecule has 0 aliphatic carbocycles. The zero-order chi connectivity index (χ0) is 16.9. The average Bonchev–Trinajstić information content (AvgIpc) is 2.63. The number of nitro benzene ring substituents is 1. The summed E-state index contributed by atoms with van der Waals surface area (Å²) in [4.78, 5) is 28.1. The van der Waals surface area contributed by atoms with E-state index < -0.39 is 4.92 Å². The number of benzene rings is 1. The molecule has 8 heteroatoms. The van der Waals surface area contributed by atoms with Gasteiger partial charge in [-0.1, -0.05) is 0 Å². The van der Waals surface area contributed by atoms with Gasteiger partial charge in [0.15, 0.2) is 6.54 Å². The first-order chi connectivity index (χ1) is 11.6. The molecule has 2 fully saturated rings. The number of non-ortho nitro benzene ring substituents is 1. The predicted octanol–water partition coefficient (Wildman–Crippen LogP) is -0.841. The second-order valence-corrected chi connectivity index (χ2v) is 6.18. The van der Waals surface area contributed by atoms with Crippen molar-refractivity contribution in [1.29, 1.82) is 0 Å². The molecule has 130 valence electrons. The lowest BCUT2D eigenvalue weighted by Gasteiger charge is -2.36. The lowest BCUT2D eigenvalue weighted by molar-refractivity contribution is -0.900. The van der Waals surface area contributed by atoms with E-state index in [9.17, 15) is 14.9 Å². The van der Waals surface area contributed by atoms with Crippen LogP contribution in [0.2, 0.25) is 0 Å². The summed E-state index contributed by atoms with van der Waals surface area (Å²) in [5, 5.41) is 10.7. The second kappa shape index (κ2) is 7.59. The van der Waals surface area contributed by atoms with Crippen LogP contribution in [0.3, 0.4) is 0 Å². The van der Waals surface area contributed by atoms with Gasteiger partial charge in [0.25, 0.3) is 11.6 Å². The van der Waals surface area contributed by atoms with Crippen molar-refractivity contribution >= 4 is 17.3 Å². The molecule has 2 saturated heterocycles. The van der Waals surface area contributed by atoms with E-state index in [1.807, 2.05) is 4.90 Å². The van der Waals surface area contributed by atoms with Crippen molar-refractivity contribution in [3.8, 4) is 0 Å². The highest BCUT2D eigenvalue weighted by molar-refractivity contribution is 5.77. The van der Waals surface area contributed by atoms with Crippen LogP contribution in [0.5, 0.6) is 0 Å². The van der Waals surface area contributed by atoms with Crippen LogP contribution in [0.15, 0.2) is 24.3 Å². The summed E-state index contributed by atoms with van der Waals surface area (Å²) in [5.74, 6) is 0.204. The summed E-state index contributed by atoms with van der Waals surface area (Å²) < 4.78 is 5.32. The van der Waals surface area contributed by atoms with Crippen molar-refractivity contribution in [2.24, 2.45) is 0 Å². The minimum absolute atomic E-state index is 0.0982. The number of anilines is 1. The van der Waals surface area contributed by atoms with Crippen LogP contribution in [0.4, 0.5) is 11.4 Å². The average molecular weight is 335 g/mol. The molecule has 1 amide bonds. The van der Waals surface area contributed by atoms with Crippen LogP contribution in [0.25, 0.3) is 0 Å². The molecule has 2 aliphatic rings. The quantitative estimate of drug-likeness (QED) is 0.573. The maximum Gasteiger partial charge on any atom is 0.277 e. The van der Waals surface area contributed by atoms with Gasteiger partial charge in [-0.3, -0.25) is 14.9 Å². The van der Waals surface area contributed by atoms with Crippen LogP contribution in [0, 0.1) is 10.1 Å². The normalized spacial score (nSPS) is 19.3. The summed E-state index contributed by atoms with van der Waals surface area (Å²) in [6, 6.07) is 6.59. The highest BCUT2D eigenvalue weighted by atomic mass is 16.6. The van der Waals surface area contributed by atoms with Gasteiger partial charge in [-0.2, -0.15) is 0 Å². The third-order valence-corrected chi connectivity index (χ3v) is 4.66. The molecule has 1 aromatic carbocycles. The van der Waals surface area contributed by atoms with Gasteiger partial charge in [0.2, 0.25) is 0 Å². The molecule has 0 bridgehead atoms. The smallest absolute Gasteiger partial charge is 0.277 e. The van der Waals surface area contributed by atoms with E-state index in [0.717, 1.165) is 45.1 Å². The third kappa shape index (κ3) is 4.01. The van der Waals surface area contributed by atoms with Gasteiger partial charge < -0.3 is 19.4 Å². The Balaban J connectivity index is 1.49. The van der Waals surface area contributed by atoms with E-state index in [4.69, 9.17) is 4.74 Å². The number of carbonyl (C=O) groups excluding carboxylic acids is 1. The Labute approximate surface area is 140 Å². The van der Waals surface area contributed by atoms with E-state index in [0.29, 0.717) is 19.6 Å². The predicted molar refractivity (Wildman–Crippen MR) is 88.3 cm³/mol. The summed E-state index contributed by atoms with van der Waals surface area (Å²) in [5.41, 5.74) is 1.06. The largest absolute Gasteiger partial charge is 0.370 e. The van der Waals surface area contributed by atoms with E-state index >= 15 is 0 Å². The Hall–Kier alpha value is -2.19. The molecule has 2 heterocycles. The van der Waals surface area contributed by atoms with E-state index in [-0.39, 0.29) is 11.6 Å². The van der Waals surface area contributed by atoms with Crippen LogP contribution in [-0.4, -0.2) is 74.8 Å². The zero-order valence-corrected chi connectivity index (χ0v) is 13.6. The fourth-order valence-corrected chi connectivity index (χ4v) is 3.16. The number of piperazine rings is 1. The summed E-state index contributed by atoms with van der Waals surface area (Å²) in [6.07, 6.45) is 0. The number of nitrogens with zero attached hydrogens (tertiary/aromatic N) is 3. The molecular weight excluding hydrogens is 312 g/mol. The number of nitrogens with one attached hydrogen (secondary N) is 1. The van der Waals surface area contributed by atoms with Gasteiger partial charge in [0.1, 0.15) is 13.1 Å². The first-order valence-corrected chi connectivity index (χ1v) is 8.32. The van der Waals surface area contributed by atoms with Crippen molar-refractivity contribution in [2.75, 3.05) is 63.9 Å². The lowest BCUT2D eigenvalue weighted by atomic mass is 10.2. The summed E-state index contributed by atoms with van der Waals surface area (Å²) in [7, 11) is 0. The molecule has 8 nitrogen and oxygen atoms in total. The fraction of sp³-hybridized carbons (Fsp3) is 0.562. The van der Waals surface area contributed by atoms with Crippen molar-refractivity contribution in [1.82, 2.24) is 4.90 Å². The number of carbonyl (C=O) groups is 1. The zero-order valence-electron chi connectivity index (χ0n) is 13.6. The van der Waals surface area contributed by atoms with Gasteiger partial charge in [-0.15, -0.1) is 0 Å². The highest BCUT2D eigenvalue weighted by Crippen LogP contribution is 2.20. The Morgan fingerprint density at radius 3 is 2.33 bits per heavy atom. The molecule has 1 aromatic rings. The number of nitro groups is 1. The lowest BCUT2D eigenvalue weighted by Crippen LogP contribution is -3.15. The Morgan fingerprint density at radius 2 is 1.75 bits per heavy atom. The van der Waals surface area contributed by atoms with Crippen LogP contribution >= 0.6 is 0 Å². The minimum Gasteiger partial charge on any atom is -0.370 e. The second-order valence-electron chi connectivity index (χ2n) is 6.18. The topological polar surface area (TPSA) is 80.4 Å². The minimum atomic E-state index is -0.394. The highest BCUT2D eigenvalue weighted by Gasteiger charge is 2.25. The Bertz CT molecular complexity index is 578. The van der Waals surface area contributed by atoms with Gasteiger partial charge in [0.05, 0.1) is 18.1 Å². The molecule has 0 atom stereocenters. The van der Waals surface area contributed by atoms with Crippen LogP contribution in [-0.2, 0) is 9.53 Å². The molecule has 0 radical (unpaired) electrons. The van der Waals surface area contributed by atoms with Crippen molar-refractivity contribution in [3.63, 3.8) is 0 Å². The molecular formula is C16H23N4O4+. The van der Waals surface area contributed by atoms with E-state index in [1.165, 1.54) is 17.0 Å². The molecule has 0 unspecified atom stereocenters. The standard InChI is InChI=1S/C16H22N4O4/c21-16(13-17-9-11-24-12-10-17)19-7-5-18(6-8-19)14-1-3-15(4-2-14)20(22)23/h1-4H,5-13H2/p+1. The Morgan fingerprint density at radius 1 is 1.12 bits per heavy atom. The summed E-state index contributed by atoms with van der Waals surface area (Å²) in [6.45, 7) is 6.69.